The molecule has 7 nitrogen and oxygen atoms in total. The van der Waals surface area contributed by atoms with Crippen LogP contribution in [-0.2, 0) is 16.4 Å². The van der Waals surface area contributed by atoms with Crippen molar-refractivity contribution < 1.29 is 8.42 Å². The van der Waals surface area contributed by atoms with E-state index in [0.29, 0.717) is 0 Å². The van der Waals surface area contributed by atoms with Gasteiger partial charge in [-0.3, -0.25) is 0 Å². The molecule has 1 aromatic heterocycles. The van der Waals surface area contributed by atoms with Crippen molar-refractivity contribution in [3.63, 3.8) is 0 Å². The molecule has 0 atom stereocenters. The molecule has 0 bridgehead atoms. The summed E-state index contributed by atoms with van der Waals surface area (Å²) in [5, 5.41) is 12.5. The van der Waals surface area contributed by atoms with Gasteiger partial charge in [0, 0.05) is 5.75 Å². The van der Waals surface area contributed by atoms with E-state index in [4.69, 9.17) is 16.7 Å². The maximum Gasteiger partial charge on any atom is 0.165 e. The molecule has 0 aliphatic rings. The van der Waals surface area contributed by atoms with E-state index in [0.717, 1.165) is 0 Å². The number of aromatic nitrogens is 2. The molecule has 0 saturated carbocycles. The Morgan fingerprint density at radius 3 is 2.56 bits per heavy atom. The van der Waals surface area contributed by atoms with E-state index < -0.39 is 9.84 Å². The number of aryl methyl sites for hydroxylation is 1. The van der Waals surface area contributed by atoms with Gasteiger partial charge in [-0.15, -0.1) is 0 Å². The highest BCUT2D eigenvalue weighted by Gasteiger charge is 2.15. The highest BCUT2D eigenvalue weighted by molar-refractivity contribution is 7.91. The summed E-state index contributed by atoms with van der Waals surface area (Å²) in [7, 11) is -3.08. The van der Waals surface area contributed by atoms with Crippen molar-refractivity contribution in [2.75, 3.05) is 23.0 Å². The van der Waals surface area contributed by atoms with E-state index in [2.05, 4.69) is 5.10 Å². The maximum atomic E-state index is 11.3. The van der Waals surface area contributed by atoms with E-state index in [1.54, 1.807) is 6.92 Å². The third-order valence-corrected chi connectivity index (χ3v) is 3.87. The fourth-order valence-electron chi connectivity index (χ4n) is 1.15. The Kier molecular flexibility index (Phi) is 3.39. The first-order valence-corrected chi connectivity index (χ1v) is 6.45. The third-order valence-electron chi connectivity index (χ3n) is 2.18. The van der Waals surface area contributed by atoms with Crippen LogP contribution in [0.15, 0.2) is 0 Å². The summed E-state index contributed by atoms with van der Waals surface area (Å²) in [5.74, 6) is 0.120. The van der Waals surface area contributed by atoms with Crippen LogP contribution in [0.3, 0.4) is 0 Å². The Morgan fingerprint density at radius 1 is 1.50 bits per heavy atom. The zero-order chi connectivity index (χ0) is 12.3. The molecule has 0 fully saturated rings. The third kappa shape index (κ3) is 2.43. The molecule has 1 aromatic rings. The van der Waals surface area contributed by atoms with Gasteiger partial charge in [0.2, 0.25) is 0 Å². The standard InChI is InChI=1S/C8H13N5O2S/c1-2-16(14,15)4-3-13-8(11)6(5-9)7(10)12-13/h2-4,11H2,1H3,(H2,10,12). The molecule has 4 N–H and O–H groups in total. The average Bonchev–Trinajstić information content (AvgIpc) is 2.51. The Labute approximate surface area is 93.6 Å². The van der Waals surface area contributed by atoms with Crippen LogP contribution >= 0.6 is 0 Å². The van der Waals surface area contributed by atoms with Crippen molar-refractivity contribution in [3.05, 3.63) is 5.56 Å². The SMILES string of the molecule is CCS(=O)(=O)CCn1nc(N)c(C#N)c1N. The minimum Gasteiger partial charge on any atom is -0.383 e. The van der Waals surface area contributed by atoms with Gasteiger partial charge in [-0.05, 0) is 0 Å². The number of nitrogens with two attached hydrogens (primary N) is 2. The van der Waals surface area contributed by atoms with E-state index in [9.17, 15) is 8.42 Å². The van der Waals surface area contributed by atoms with Crippen LogP contribution in [0.2, 0.25) is 0 Å². The largest absolute Gasteiger partial charge is 0.383 e. The first-order chi connectivity index (χ1) is 7.41. The molecule has 8 heteroatoms. The lowest BCUT2D eigenvalue weighted by Gasteiger charge is -2.03. The van der Waals surface area contributed by atoms with Crippen LogP contribution < -0.4 is 11.5 Å². The van der Waals surface area contributed by atoms with Crippen LogP contribution in [-0.4, -0.2) is 29.7 Å². The lowest BCUT2D eigenvalue weighted by atomic mass is 10.3. The van der Waals surface area contributed by atoms with E-state index in [-0.39, 0.29) is 35.2 Å². The number of rotatable bonds is 4. The van der Waals surface area contributed by atoms with Crippen LogP contribution in [0, 0.1) is 11.3 Å². The fraction of sp³-hybridized carbons (Fsp3) is 0.500. The Morgan fingerprint density at radius 2 is 2.12 bits per heavy atom. The minimum absolute atomic E-state index is 0.0221. The molecule has 1 heterocycles. The molecule has 1 rings (SSSR count). The summed E-state index contributed by atoms with van der Waals surface area (Å²) < 4.78 is 23.8. The van der Waals surface area contributed by atoms with Gasteiger partial charge in [-0.25, -0.2) is 13.1 Å². The van der Waals surface area contributed by atoms with E-state index in [1.165, 1.54) is 4.68 Å². The van der Waals surface area contributed by atoms with E-state index in [1.807, 2.05) is 6.07 Å². The Hall–Kier alpha value is -1.75. The topological polar surface area (TPSA) is 128 Å². The minimum atomic E-state index is -3.08. The van der Waals surface area contributed by atoms with Crippen molar-refractivity contribution >= 4 is 21.5 Å². The number of sulfone groups is 1. The number of hydrogen-bond donors (Lipinski definition) is 2. The second-order valence-electron chi connectivity index (χ2n) is 3.22. The van der Waals surface area contributed by atoms with Gasteiger partial charge < -0.3 is 11.5 Å². The van der Waals surface area contributed by atoms with Gasteiger partial charge in [0.05, 0.1) is 12.3 Å². The Bertz CT molecular complexity index is 525. The zero-order valence-electron chi connectivity index (χ0n) is 8.84. The molecule has 0 radical (unpaired) electrons. The molecular formula is C8H13N5O2S. The second-order valence-corrected chi connectivity index (χ2v) is 5.69. The van der Waals surface area contributed by atoms with Crippen LogP contribution in [0.4, 0.5) is 11.6 Å². The van der Waals surface area contributed by atoms with E-state index >= 15 is 0 Å². The second kappa shape index (κ2) is 4.40. The molecule has 0 aromatic carbocycles. The van der Waals surface area contributed by atoms with Crippen LogP contribution in [0.25, 0.3) is 0 Å². The van der Waals surface area contributed by atoms with Gasteiger partial charge in [0.1, 0.15) is 17.5 Å². The summed E-state index contributed by atoms with van der Waals surface area (Å²) in [4.78, 5) is 0. The monoisotopic (exact) mass is 243 g/mol. The summed E-state index contributed by atoms with van der Waals surface area (Å²) in [6.07, 6.45) is 0. The number of hydrogen-bond acceptors (Lipinski definition) is 6. The van der Waals surface area contributed by atoms with Crippen molar-refractivity contribution in [2.24, 2.45) is 0 Å². The van der Waals surface area contributed by atoms with Gasteiger partial charge >= 0.3 is 0 Å². The average molecular weight is 243 g/mol. The van der Waals surface area contributed by atoms with Gasteiger partial charge in [-0.1, -0.05) is 6.92 Å². The number of anilines is 2. The fourth-order valence-corrected chi connectivity index (χ4v) is 1.89. The molecule has 0 aliphatic heterocycles. The summed E-state index contributed by atoms with van der Waals surface area (Å²) >= 11 is 0. The lowest BCUT2D eigenvalue weighted by Crippen LogP contribution is -2.16. The first kappa shape index (κ1) is 12.3. The molecule has 16 heavy (non-hydrogen) atoms. The molecule has 0 spiro atoms. The van der Waals surface area contributed by atoms with Crippen molar-refractivity contribution in [1.29, 1.82) is 5.26 Å². The summed E-state index contributed by atoms with van der Waals surface area (Å²) in [5.41, 5.74) is 11.1. The normalized spacial score (nSPS) is 11.2. The Balaban J connectivity index is 2.89. The van der Waals surface area contributed by atoms with Crippen molar-refractivity contribution in [3.8, 4) is 6.07 Å². The molecule has 0 aliphatic carbocycles. The van der Waals surface area contributed by atoms with Crippen LogP contribution in [0.1, 0.15) is 12.5 Å². The smallest absolute Gasteiger partial charge is 0.165 e. The van der Waals surface area contributed by atoms with Gasteiger partial charge in [-0.2, -0.15) is 10.4 Å². The molecule has 88 valence electrons. The molecule has 0 amide bonds. The first-order valence-electron chi connectivity index (χ1n) is 4.63. The zero-order valence-corrected chi connectivity index (χ0v) is 9.66. The number of nitriles is 1. The summed E-state index contributed by atoms with van der Waals surface area (Å²) in [6, 6.07) is 1.81. The number of nitrogens with zero attached hydrogens (tertiary/aromatic N) is 3. The highest BCUT2D eigenvalue weighted by atomic mass is 32.2. The summed E-state index contributed by atoms with van der Waals surface area (Å²) in [6.45, 7) is 1.67. The van der Waals surface area contributed by atoms with Crippen molar-refractivity contribution in [1.82, 2.24) is 9.78 Å². The predicted octanol–water partition coefficient (Wildman–Crippen LogP) is -0.646. The van der Waals surface area contributed by atoms with Gasteiger partial charge in [0.15, 0.2) is 15.7 Å². The lowest BCUT2D eigenvalue weighted by molar-refractivity contribution is 0.583. The quantitative estimate of drug-likeness (QED) is 0.723. The van der Waals surface area contributed by atoms with Crippen molar-refractivity contribution in [2.45, 2.75) is 13.5 Å². The maximum absolute atomic E-state index is 11.3. The molecule has 0 saturated heterocycles. The molecule has 0 unspecified atom stereocenters. The molecular weight excluding hydrogens is 230 g/mol. The van der Waals surface area contributed by atoms with Crippen LogP contribution in [0.5, 0.6) is 0 Å². The highest BCUT2D eigenvalue weighted by Crippen LogP contribution is 2.17. The number of nitrogen functional groups attached to an aromatic ring is 2. The predicted molar refractivity (Wildman–Crippen MR) is 60.1 cm³/mol. The van der Waals surface area contributed by atoms with Gasteiger partial charge in [0.25, 0.3) is 0 Å².